The number of hydrogen-bond donors (Lipinski definition) is 2. The van der Waals surface area contributed by atoms with E-state index in [1.807, 2.05) is 13.0 Å². The molecular formula is C15H15ClN2O4S. The van der Waals surface area contributed by atoms with Crippen molar-refractivity contribution in [2.75, 3.05) is 12.4 Å². The molecule has 0 aromatic heterocycles. The molecule has 6 nitrogen and oxygen atoms in total. The van der Waals surface area contributed by atoms with Crippen LogP contribution < -0.4 is 15.2 Å². The Bertz CT molecular complexity index is 866. The molecule has 0 radical (unpaired) electrons. The van der Waals surface area contributed by atoms with Crippen LogP contribution in [0.3, 0.4) is 0 Å². The number of methoxy groups -OCH3 is 1. The molecule has 0 aliphatic rings. The third-order valence-electron chi connectivity index (χ3n) is 3.10. The summed E-state index contributed by atoms with van der Waals surface area (Å²) in [6, 6.07) is 9.17. The highest BCUT2D eigenvalue weighted by Crippen LogP contribution is 2.27. The molecule has 1 amide bonds. The number of sulfonamides is 1. The van der Waals surface area contributed by atoms with Gasteiger partial charge in [-0.25, -0.2) is 13.6 Å². The van der Waals surface area contributed by atoms with Gasteiger partial charge in [-0.1, -0.05) is 17.7 Å². The van der Waals surface area contributed by atoms with E-state index in [9.17, 15) is 13.2 Å². The van der Waals surface area contributed by atoms with Gasteiger partial charge in [0.1, 0.15) is 10.6 Å². The topological polar surface area (TPSA) is 98.5 Å². The van der Waals surface area contributed by atoms with Crippen molar-refractivity contribution in [3.63, 3.8) is 0 Å². The summed E-state index contributed by atoms with van der Waals surface area (Å²) in [6.45, 7) is 1.87. The normalized spacial score (nSPS) is 11.1. The summed E-state index contributed by atoms with van der Waals surface area (Å²) in [6.07, 6.45) is 0. The summed E-state index contributed by atoms with van der Waals surface area (Å²) in [5, 5.41) is 7.71. The van der Waals surface area contributed by atoms with Crippen molar-refractivity contribution in [1.82, 2.24) is 0 Å². The first-order valence-electron chi connectivity index (χ1n) is 6.50. The van der Waals surface area contributed by atoms with Crippen LogP contribution in [0.25, 0.3) is 0 Å². The van der Waals surface area contributed by atoms with Crippen LogP contribution in [0, 0.1) is 6.92 Å². The molecule has 0 spiro atoms. The van der Waals surface area contributed by atoms with Gasteiger partial charge in [0.15, 0.2) is 0 Å². The summed E-state index contributed by atoms with van der Waals surface area (Å²) in [4.78, 5) is 12.0. The fraction of sp³-hybridized carbons (Fsp3) is 0.133. The first kappa shape index (κ1) is 17.3. The van der Waals surface area contributed by atoms with Gasteiger partial charge in [-0.05, 0) is 42.8 Å². The quantitative estimate of drug-likeness (QED) is 0.881. The fourth-order valence-corrected chi connectivity index (χ4v) is 3.05. The van der Waals surface area contributed by atoms with Gasteiger partial charge < -0.3 is 10.1 Å². The minimum Gasteiger partial charge on any atom is -0.495 e. The number of carbonyl (C=O) groups is 1. The molecule has 0 fully saturated rings. The van der Waals surface area contributed by atoms with Crippen molar-refractivity contribution >= 4 is 33.2 Å². The molecule has 0 saturated heterocycles. The lowest BCUT2D eigenvalue weighted by Gasteiger charge is -2.12. The number of aryl methyl sites for hydroxylation is 1. The number of anilines is 1. The summed E-state index contributed by atoms with van der Waals surface area (Å²) in [7, 11) is -2.53. The Kier molecular flexibility index (Phi) is 4.93. The highest BCUT2D eigenvalue weighted by atomic mass is 35.5. The Hall–Kier alpha value is -2.09. The number of ether oxygens (including phenoxy) is 1. The molecule has 0 aliphatic carbocycles. The van der Waals surface area contributed by atoms with Crippen LogP contribution in [0.1, 0.15) is 15.9 Å². The highest BCUT2D eigenvalue weighted by Gasteiger charge is 2.17. The molecule has 3 N–H and O–H groups in total. The third kappa shape index (κ3) is 4.01. The van der Waals surface area contributed by atoms with Crippen molar-refractivity contribution in [2.45, 2.75) is 11.8 Å². The van der Waals surface area contributed by atoms with E-state index in [1.165, 1.54) is 19.2 Å². The Morgan fingerprint density at radius 1 is 1.22 bits per heavy atom. The van der Waals surface area contributed by atoms with Gasteiger partial charge in [-0.3, -0.25) is 4.79 Å². The number of hydrogen-bond acceptors (Lipinski definition) is 4. The zero-order chi connectivity index (χ0) is 17.2. The number of carbonyl (C=O) groups excluding carboxylic acids is 1. The maximum atomic E-state index is 12.3. The minimum atomic E-state index is -4.02. The van der Waals surface area contributed by atoms with E-state index in [1.54, 1.807) is 12.1 Å². The van der Waals surface area contributed by atoms with Crippen LogP contribution in [-0.2, 0) is 10.0 Å². The van der Waals surface area contributed by atoms with Crippen LogP contribution in [0.5, 0.6) is 5.75 Å². The molecule has 0 saturated carbocycles. The predicted octanol–water partition coefficient (Wildman–Crippen LogP) is 2.56. The molecule has 0 heterocycles. The molecule has 0 atom stereocenters. The first-order valence-corrected chi connectivity index (χ1v) is 8.43. The number of benzene rings is 2. The molecule has 2 aromatic carbocycles. The van der Waals surface area contributed by atoms with E-state index in [-0.39, 0.29) is 15.5 Å². The van der Waals surface area contributed by atoms with Crippen LogP contribution in [-0.4, -0.2) is 21.4 Å². The first-order chi connectivity index (χ1) is 10.7. The summed E-state index contributed by atoms with van der Waals surface area (Å²) < 4.78 is 28.1. The molecule has 0 bridgehead atoms. The average molecular weight is 355 g/mol. The lowest BCUT2D eigenvalue weighted by Crippen LogP contribution is -2.16. The summed E-state index contributed by atoms with van der Waals surface area (Å²) >= 11 is 5.80. The standard InChI is InChI=1S/C15H15ClN2O4S/c1-9-3-6-13(22-2)12(7-9)18-15(19)10-4-5-11(16)14(8-10)23(17,20)21/h3-8H,1-2H3,(H,18,19)(H2,17,20,21). The number of nitrogens with one attached hydrogen (secondary N) is 1. The van der Waals surface area contributed by atoms with E-state index in [0.717, 1.165) is 11.6 Å². The van der Waals surface area contributed by atoms with Gasteiger partial charge in [0.05, 0.1) is 17.8 Å². The Morgan fingerprint density at radius 3 is 2.52 bits per heavy atom. The predicted molar refractivity (Wildman–Crippen MR) is 88.5 cm³/mol. The Labute approximate surface area is 139 Å². The zero-order valence-corrected chi connectivity index (χ0v) is 14.0. The van der Waals surface area contributed by atoms with Crippen molar-refractivity contribution in [2.24, 2.45) is 5.14 Å². The van der Waals surface area contributed by atoms with E-state index in [4.69, 9.17) is 21.5 Å². The van der Waals surface area contributed by atoms with E-state index in [2.05, 4.69) is 5.32 Å². The van der Waals surface area contributed by atoms with E-state index < -0.39 is 15.9 Å². The SMILES string of the molecule is COc1ccc(C)cc1NC(=O)c1ccc(Cl)c(S(N)(=O)=O)c1. The Balaban J connectivity index is 2.37. The van der Waals surface area contributed by atoms with Gasteiger partial charge in [-0.15, -0.1) is 0 Å². The zero-order valence-electron chi connectivity index (χ0n) is 12.5. The highest BCUT2D eigenvalue weighted by molar-refractivity contribution is 7.89. The molecule has 2 rings (SSSR count). The number of rotatable bonds is 4. The van der Waals surface area contributed by atoms with Gasteiger partial charge in [-0.2, -0.15) is 0 Å². The summed E-state index contributed by atoms with van der Waals surface area (Å²) in [5.74, 6) is -0.0138. The van der Waals surface area contributed by atoms with Crippen molar-refractivity contribution < 1.29 is 17.9 Å². The molecule has 122 valence electrons. The number of nitrogens with two attached hydrogens (primary N) is 1. The number of halogens is 1. The van der Waals surface area contributed by atoms with Gasteiger partial charge in [0, 0.05) is 5.56 Å². The largest absolute Gasteiger partial charge is 0.495 e. The average Bonchev–Trinajstić information content (AvgIpc) is 2.46. The maximum Gasteiger partial charge on any atom is 0.255 e. The second-order valence-electron chi connectivity index (χ2n) is 4.85. The lowest BCUT2D eigenvalue weighted by molar-refractivity contribution is 0.102. The summed E-state index contributed by atoms with van der Waals surface area (Å²) in [5.41, 5.74) is 1.52. The number of amides is 1. The molecule has 0 unspecified atom stereocenters. The second kappa shape index (κ2) is 6.57. The van der Waals surface area contributed by atoms with Crippen LogP contribution in [0.2, 0.25) is 5.02 Å². The second-order valence-corrected chi connectivity index (χ2v) is 6.79. The van der Waals surface area contributed by atoms with Crippen LogP contribution >= 0.6 is 11.6 Å². The third-order valence-corrected chi connectivity index (χ3v) is 4.50. The van der Waals surface area contributed by atoms with Crippen LogP contribution in [0.4, 0.5) is 5.69 Å². The van der Waals surface area contributed by atoms with Gasteiger partial charge >= 0.3 is 0 Å². The molecule has 23 heavy (non-hydrogen) atoms. The Morgan fingerprint density at radius 2 is 1.91 bits per heavy atom. The van der Waals surface area contributed by atoms with Crippen LogP contribution in [0.15, 0.2) is 41.3 Å². The van der Waals surface area contributed by atoms with Crippen molar-refractivity contribution in [3.8, 4) is 5.75 Å². The van der Waals surface area contributed by atoms with Crippen molar-refractivity contribution in [3.05, 3.63) is 52.5 Å². The molecular weight excluding hydrogens is 340 g/mol. The van der Waals surface area contributed by atoms with Gasteiger partial charge in [0.2, 0.25) is 10.0 Å². The fourth-order valence-electron chi connectivity index (χ4n) is 1.98. The molecule has 8 heteroatoms. The number of primary sulfonamides is 1. The molecule has 2 aromatic rings. The monoisotopic (exact) mass is 354 g/mol. The maximum absolute atomic E-state index is 12.3. The van der Waals surface area contributed by atoms with E-state index in [0.29, 0.717) is 11.4 Å². The lowest BCUT2D eigenvalue weighted by atomic mass is 10.1. The van der Waals surface area contributed by atoms with Gasteiger partial charge in [0.25, 0.3) is 5.91 Å². The molecule has 0 aliphatic heterocycles. The smallest absolute Gasteiger partial charge is 0.255 e. The van der Waals surface area contributed by atoms with Crippen molar-refractivity contribution in [1.29, 1.82) is 0 Å². The van der Waals surface area contributed by atoms with E-state index >= 15 is 0 Å². The minimum absolute atomic E-state index is 0.0443.